The fraction of sp³-hybridized carbons (Fsp3) is 0.500. The summed E-state index contributed by atoms with van der Waals surface area (Å²) in [5.41, 5.74) is 0.519. The molecule has 1 atom stereocenters. The summed E-state index contributed by atoms with van der Waals surface area (Å²) in [6, 6.07) is 4.73. The van der Waals surface area contributed by atoms with Crippen molar-refractivity contribution in [1.82, 2.24) is 4.90 Å². The van der Waals surface area contributed by atoms with Crippen molar-refractivity contribution in [2.24, 2.45) is 0 Å². The first-order valence-corrected chi connectivity index (χ1v) is 6.17. The van der Waals surface area contributed by atoms with Gasteiger partial charge in [-0.25, -0.2) is 9.18 Å². The number of halogens is 1. The highest BCUT2D eigenvalue weighted by Gasteiger charge is 2.13. The van der Waals surface area contributed by atoms with Crippen LogP contribution in [0.25, 0.3) is 0 Å². The average Bonchev–Trinajstić information content (AvgIpc) is 2.28. The summed E-state index contributed by atoms with van der Waals surface area (Å²) in [6.45, 7) is 4.88. The maximum Gasteiger partial charge on any atom is 0.338 e. The van der Waals surface area contributed by atoms with Crippen LogP contribution in [0.2, 0.25) is 0 Å². The smallest absolute Gasteiger partial charge is 0.338 e. The molecule has 0 aliphatic heterocycles. The standard InChI is InChI=1S/C14H20FNO2/c1-4-5-10(2)16(3)9-11-6-7-12(14(17)18)13(15)8-11/h6-8,10H,4-5,9H2,1-3H3,(H,17,18). The molecule has 0 amide bonds. The molecule has 4 heteroatoms. The molecular weight excluding hydrogens is 233 g/mol. The van der Waals surface area contributed by atoms with Gasteiger partial charge in [-0.05, 0) is 38.1 Å². The van der Waals surface area contributed by atoms with Crippen molar-refractivity contribution < 1.29 is 14.3 Å². The van der Waals surface area contributed by atoms with Gasteiger partial charge in [0.25, 0.3) is 0 Å². The monoisotopic (exact) mass is 253 g/mol. The summed E-state index contributed by atoms with van der Waals surface area (Å²) in [4.78, 5) is 12.8. The van der Waals surface area contributed by atoms with Crippen LogP contribution in [0, 0.1) is 5.82 Å². The van der Waals surface area contributed by atoms with Gasteiger partial charge in [0.1, 0.15) is 5.82 Å². The number of rotatable bonds is 6. The molecule has 1 N–H and O–H groups in total. The van der Waals surface area contributed by atoms with Gasteiger partial charge in [-0.1, -0.05) is 19.4 Å². The van der Waals surface area contributed by atoms with E-state index in [1.165, 1.54) is 12.1 Å². The van der Waals surface area contributed by atoms with E-state index < -0.39 is 11.8 Å². The number of hydrogen-bond acceptors (Lipinski definition) is 2. The van der Waals surface area contributed by atoms with Crippen molar-refractivity contribution in [1.29, 1.82) is 0 Å². The Balaban J connectivity index is 2.74. The lowest BCUT2D eigenvalue weighted by Crippen LogP contribution is -2.28. The molecule has 100 valence electrons. The van der Waals surface area contributed by atoms with Crippen LogP contribution < -0.4 is 0 Å². The quantitative estimate of drug-likeness (QED) is 0.846. The molecule has 0 fully saturated rings. The predicted molar refractivity (Wildman–Crippen MR) is 69.2 cm³/mol. The van der Waals surface area contributed by atoms with E-state index in [9.17, 15) is 9.18 Å². The number of carbonyl (C=O) groups is 1. The van der Waals surface area contributed by atoms with Crippen molar-refractivity contribution in [2.75, 3.05) is 7.05 Å². The van der Waals surface area contributed by atoms with Crippen molar-refractivity contribution >= 4 is 5.97 Å². The van der Waals surface area contributed by atoms with Crippen LogP contribution in [0.5, 0.6) is 0 Å². The molecule has 18 heavy (non-hydrogen) atoms. The highest BCUT2D eigenvalue weighted by Crippen LogP contribution is 2.14. The number of benzene rings is 1. The zero-order valence-electron chi connectivity index (χ0n) is 11.1. The van der Waals surface area contributed by atoms with Crippen LogP contribution in [0.15, 0.2) is 18.2 Å². The fourth-order valence-corrected chi connectivity index (χ4v) is 1.91. The van der Waals surface area contributed by atoms with Gasteiger partial charge in [0, 0.05) is 12.6 Å². The molecule has 1 rings (SSSR count). The molecule has 1 aromatic rings. The summed E-state index contributed by atoms with van der Waals surface area (Å²) in [5, 5.41) is 8.75. The first-order valence-electron chi connectivity index (χ1n) is 6.17. The highest BCUT2D eigenvalue weighted by atomic mass is 19.1. The summed E-state index contributed by atoms with van der Waals surface area (Å²) < 4.78 is 13.5. The second-order valence-electron chi connectivity index (χ2n) is 4.67. The Morgan fingerprint density at radius 3 is 2.67 bits per heavy atom. The molecule has 0 spiro atoms. The Hall–Kier alpha value is -1.42. The normalized spacial score (nSPS) is 12.7. The Morgan fingerprint density at radius 1 is 1.50 bits per heavy atom. The lowest BCUT2D eigenvalue weighted by molar-refractivity contribution is 0.0692. The van der Waals surface area contributed by atoms with E-state index in [2.05, 4.69) is 18.7 Å². The van der Waals surface area contributed by atoms with Crippen molar-refractivity contribution in [3.05, 3.63) is 35.1 Å². The van der Waals surface area contributed by atoms with Crippen molar-refractivity contribution in [3.63, 3.8) is 0 Å². The Bertz CT molecular complexity index is 420. The third kappa shape index (κ3) is 3.81. The van der Waals surface area contributed by atoms with Crippen LogP contribution in [0.1, 0.15) is 42.6 Å². The minimum absolute atomic E-state index is 0.275. The van der Waals surface area contributed by atoms with Gasteiger partial charge >= 0.3 is 5.97 Å². The summed E-state index contributed by atoms with van der Waals surface area (Å²) in [5.74, 6) is -1.90. The van der Waals surface area contributed by atoms with E-state index in [0.29, 0.717) is 12.6 Å². The van der Waals surface area contributed by atoms with Crippen LogP contribution in [0.3, 0.4) is 0 Å². The maximum atomic E-state index is 13.5. The Morgan fingerprint density at radius 2 is 2.17 bits per heavy atom. The third-order valence-electron chi connectivity index (χ3n) is 3.15. The highest BCUT2D eigenvalue weighted by molar-refractivity contribution is 5.87. The molecule has 0 aromatic heterocycles. The summed E-state index contributed by atoms with van der Waals surface area (Å²) in [7, 11) is 1.99. The topological polar surface area (TPSA) is 40.5 Å². The van der Waals surface area contributed by atoms with Crippen LogP contribution in [-0.4, -0.2) is 29.1 Å². The maximum absolute atomic E-state index is 13.5. The Labute approximate surface area is 107 Å². The molecule has 0 heterocycles. The van der Waals surface area contributed by atoms with Crippen LogP contribution in [0.4, 0.5) is 4.39 Å². The summed E-state index contributed by atoms with van der Waals surface area (Å²) >= 11 is 0. The fourth-order valence-electron chi connectivity index (χ4n) is 1.91. The first kappa shape index (κ1) is 14.6. The van der Waals surface area contributed by atoms with E-state index >= 15 is 0 Å². The van der Waals surface area contributed by atoms with Gasteiger partial charge in [-0.2, -0.15) is 0 Å². The van der Waals surface area contributed by atoms with Crippen molar-refractivity contribution in [2.45, 2.75) is 39.3 Å². The molecule has 0 saturated carbocycles. The second-order valence-corrected chi connectivity index (χ2v) is 4.67. The predicted octanol–water partition coefficient (Wildman–Crippen LogP) is 3.14. The second kappa shape index (κ2) is 6.50. The van der Waals surface area contributed by atoms with Gasteiger partial charge in [0.05, 0.1) is 5.56 Å². The zero-order chi connectivity index (χ0) is 13.7. The van der Waals surface area contributed by atoms with E-state index in [-0.39, 0.29) is 5.56 Å². The van der Waals surface area contributed by atoms with Gasteiger partial charge in [0.15, 0.2) is 0 Å². The van der Waals surface area contributed by atoms with E-state index in [4.69, 9.17) is 5.11 Å². The SMILES string of the molecule is CCCC(C)N(C)Cc1ccc(C(=O)O)c(F)c1. The minimum Gasteiger partial charge on any atom is -0.478 e. The number of hydrogen-bond donors (Lipinski definition) is 1. The van der Waals surface area contributed by atoms with Gasteiger partial charge in [0.2, 0.25) is 0 Å². The minimum atomic E-state index is -1.23. The van der Waals surface area contributed by atoms with Crippen LogP contribution in [-0.2, 0) is 6.54 Å². The lowest BCUT2D eigenvalue weighted by Gasteiger charge is -2.24. The number of carboxylic acids is 1. The van der Waals surface area contributed by atoms with E-state index in [0.717, 1.165) is 18.4 Å². The van der Waals surface area contributed by atoms with Crippen molar-refractivity contribution in [3.8, 4) is 0 Å². The number of nitrogens with zero attached hydrogens (tertiary/aromatic N) is 1. The molecule has 3 nitrogen and oxygen atoms in total. The summed E-state index contributed by atoms with van der Waals surface area (Å²) in [6.07, 6.45) is 2.20. The third-order valence-corrected chi connectivity index (χ3v) is 3.15. The molecule has 1 unspecified atom stereocenters. The first-order chi connectivity index (χ1) is 8.45. The molecule has 0 aliphatic carbocycles. The largest absolute Gasteiger partial charge is 0.478 e. The average molecular weight is 253 g/mol. The Kier molecular flexibility index (Phi) is 5.28. The van der Waals surface area contributed by atoms with E-state index in [1.807, 2.05) is 7.05 Å². The van der Waals surface area contributed by atoms with Gasteiger partial charge in [-0.3, -0.25) is 4.90 Å². The number of carboxylic acid groups (broad SMARTS) is 1. The number of aromatic carboxylic acids is 1. The van der Waals surface area contributed by atoms with Gasteiger partial charge in [-0.15, -0.1) is 0 Å². The molecule has 1 aromatic carbocycles. The van der Waals surface area contributed by atoms with Gasteiger partial charge < -0.3 is 5.11 Å². The molecule has 0 bridgehead atoms. The molecule has 0 aliphatic rings. The zero-order valence-corrected chi connectivity index (χ0v) is 11.1. The molecule has 0 radical (unpaired) electrons. The van der Waals surface area contributed by atoms with Crippen LogP contribution >= 0.6 is 0 Å². The van der Waals surface area contributed by atoms with E-state index in [1.54, 1.807) is 6.07 Å². The lowest BCUT2D eigenvalue weighted by atomic mass is 10.1. The molecular formula is C14H20FNO2. The molecule has 0 saturated heterocycles.